The Morgan fingerprint density at radius 1 is 1.25 bits per heavy atom. The normalized spacial score (nSPS) is 10.7. The monoisotopic (exact) mass is 421 g/mol. The summed E-state index contributed by atoms with van der Waals surface area (Å²) in [5, 5.41) is 7.18. The van der Waals surface area contributed by atoms with Gasteiger partial charge >= 0.3 is 0 Å². The van der Waals surface area contributed by atoms with Crippen LogP contribution >= 0.6 is 39.0 Å². The van der Waals surface area contributed by atoms with E-state index in [-0.39, 0.29) is 5.91 Å². The molecule has 2 heterocycles. The largest absolute Gasteiger partial charge is 0.351 e. The molecule has 24 heavy (non-hydrogen) atoms. The second-order valence-electron chi connectivity index (χ2n) is 5.02. The first-order chi connectivity index (χ1) is 11.7. The van der Waals surface area contributed by atoms with Crippen molar-refractivity contribution in [2.24, 2.45) is 0 Å². The molecule has 1 N–H and O–H groups in total. The van der Waals surface area contributed by atoms with Gasteiger partial charge in [-0.3, -0.25) is 4.79 Å². The number of para-hydroxylation sites is 1. The topological polar surface area (TPSA) is 46.9 Å². The Kier molecular flexibility index (Phi) is 6.12. The van der Waals surface area contributed by atoms with Gasteiger partial charge in [-0.15, -0.1) is 11.3 Å². The van der Waals surface area contributed by atoms with Crippen LogP contribution in [-0.2, 0) is 5.75 Å². The van der Waals surface area contributed by atoms with Crippen LogP contribution in [0.5, 0.6) is 0 Å². The maximum Gasteiger partial charge on any atom is 0.254 e. The molecule has 124 valence electrons. The van der Waals surface area contributed by atoms with E-state index < -0.39 is 0 Å². The Morgan fingerprint density at radius 2 is 2.08 bits per heavy atom. The fourth-order valence-electron chi connectivity index (χ4n) is 2.10. The number of aromatic nitrogens is 2. The van der Waals surface area contributed by atoms with E-state index in [1.54, 1.807) is 28.4 Å². The first kappa shape index (κ1) is 17.3. The summed E-state index contributed by atoms with van der Waals surface area (Å²) in [7, 11) is 0. The number of thioether (sulfide) groups is 1. The van der Waals surface area contributed by atoms with E-state index in [2.05, 4.69) is 38.5 Å². The molecular formula is C17H16BrN3OS2. The number of amides is 1. The molecule has 0 spiro atoms. The van der Waals surface area contributed by atoms with Crippen molar-refractivity contribution in [1.82, 2.24) is 15.1 Å². The molecule has 0 saturated carbocycles. The molecule has 0 saturated heterocycles. The fourth-order valence-corrected chi connectivity index (χ4v) is 4.56. The van der Waals surface area contributed by atoms with Crippen LogP contribution in [0.3, 0.4) is 0 Å². The molecule has 7 heteroatoms. The van der Waals surface area contributed by atoms with Gasteiger partial charge in [0.05, 0.1) is 21.2 Å². The van der Waals surface area contributed by atoms with Crippen molar-refractivity contribution in [1.29, 1.82) is 0 Å². The van der Waals surface area contributed by atoms with Gasteiger partial charge in [0.1, 0.15) is 0 Å². The Bertz CT molecular complexity index is 801. The van der Waals surface area contributed by atoms with Crippen LogP contribution in [0.25, 0.3) is 5.69 Å². The summed E-state index contributed by atoms with van der Waals surface area (Å²) in [5.41, 5.74) is 1.51. The Hall–Kier alpha value is -1.57. The Balaban J connectivity index is 1.43. The maximum absolute atomic E-state index is 12.1. The van der Waals surface area contributed by atoms with Crippen LogP contribution in [0.15, 0.2) is 58.6 Å². The van der Waals surface area contributed by atoms with Gasteiger partial charge < -0.3 is 5.32 Å². The molecule has 0 fully saturated rings. The van der Waals surface area contributed by atoms with Crippen molar-refractivity contribution in [3.8, 4) is 5.69 Å². The molecule has 0 bridgehead atoms. The van der Waals surface area contributed by atoms with E-state index in [0.29, 0.717) is 12.1 Å². The molecule has 0 aliphatic rings. The van der Waals surface area contributed by atoms with Crippen molar-refractivity contribution in [3.63, 3.8) is 0 Å². The zero-order valence-electron chi connectivity index (χ0n) is 12.8. The molecule has 1 aromatic carbocycles. The Labute approximate surface area is 157 Å². The van der Waals surface area contributed by atoms with E-state index in [1.165, 1.54) is 4.88 Å². The van der Waals surface area contributed by atoms with Crippen LogP contribution in [0.1, 0.15) is 15.2 Å². The molecule has 0 aliphatic heterocycles. The second-order valence-corrected chi connectivity index (χ2v) is 8.68. The van der Waals surface area contributed by atoms with Gasteiger partial charge in [0, 0.05) is 29.1 Å². The third-order valence-electron chi connectivity index (χ3n) is 3.27. The van der Waals surface area contributed by atoms with Crippen LogP contribution in [0.2, 0.25) is 0 Å². The average Bonchev–Trinajstić information content (AvgIpc) is 3.24. The van der Waals surface area contributed by atoms with Crippen LogP contribution in [-0.4, -0.2) is 28.0 Å². The number of carbonyl (C=O) groups is 1. The highest BCUT2D eigenvalue weighted by Crippen LogP contribution is 2.25. The summed E-state index contributed by atoms with van der Waals surface area (Å²) < 4.78 is 2.86. The van der Waals surface area contributed by atoms with E-state index in [1.807, 2.05) is 42.1 Å². The second kappa shape index (κ2) is 8.50. The number of hydrogen-bond donors (Lipinski definition) is 1. The first-order valence-electron chi connectivity index (χ1n) is 7.42. The molecule has 0 unspecified atom stereocenters. The zero-order chi connectivity index (χ0) is 16.8. The first-order valence-corrected chi connectivity index (χ1v) is 10.2. The summed E-state index contributed by atoms with van der Waals surface area (Å²) in [5.74, 6) is 1.77. The molecule has 0 radical (unpaired) electrons. The standard InChI is InChI=1S/C17H16BrN3OS2/c18-16-7-6-15(24-16)12-23-9-8-19-17(22)13-10-20-21(11-13)14-4-2-1-3-5-14/h1-7,10-11H,8-9,12H2,(H,19,22). The van der Waals surface area contributed by atoms with Crippen molar-refractivity contribution >= 4 is 44.9 Å². The third-order valence-corrected chi connectivity index (χ3v) is 6.08. The van der Waals surface area contributed by atoms with Crippen LogP contribution < -0.4 is 5.32 Å². The maximum atomic E-state index is 12.1. The summed E-state index contributed by atoms with van der Waals surface area (Å²) >= 11 is 7.02. The molecule has 2 aromatic heterocycles. The van der Waals surface area contributed by atoms with Crippen LogP contribution in [0.4, 0.5) is 0 Å². The van der Waals surface area contributed by atoms with Gasteiger partial charge in [0.25, 0.3) is 5.91 Å². The molecule has 0 atom stereocenters. The van der Waals surface area contributed by atoms with Gasteiger partial charge in [0.15, 0.2) is 0 Å². The summed E-state index contributed by atoms with van der Waals surface area (Å²) in [6.07, 6.45) is 3.35. The summed E-state index contributed by atoms with van der Waals surface area (Å²) in [4.78, 5) is 13.5. The quantitative estimate of drug-likeness (QED) is 0.576. The van der Waals surface area contributed by atoms with Gasteiger partial charge in [-0.1, -0.05) is 18.2 Å². The van der Waals surface area contributed by atoms with Gasteiger partial charge in [-0.25, -0.2) is 4.68 Å². The molecule has 0 aliphatic carbocycles. The lowest BCUT2D eigenvalue weighted by Crippen LogP contribution is -2.25. The number of hydrogen-bond acceptors (Lipinski definition) is 4. The van der Waals surface area contributed by atoms with Gasteiger partial charge in [0.2, 0.25) is 0 Å². The van der Waals surface area contributed by atoms with Crippen molar-refractivity contribution in [2.75, 3.05) is 12.3 Å². The number of nitrogens with one attached hydrogen (secondary N) is 1. The number of thiophene rings is 1. The summed E-state index contributed by atoms with van der Waals surface area (Å²) in [6.45, 7) is 0.645. The molecular weight excluding hydrogens is 406 g/mol. The van der Waals surface area contributed by atoms with Crippen molar-refractivity contribution < 1.29 is 4.79 Å². The van der Waals surface area contributed by atoms with E-state index in [9.17, 15) is 4.79 Å². The van der Waals surface area contributed by atoms with Gasteiger partial charge in [-0.05, 0) is 40.2 Å². The Morgan fingerprint density at radius 3 is 2.83 bits per heavy atom. The predicted octanol–water partition coefficient (Wildman–Crippen LogP) is 4.36. The van der Waals surface area contributed by atoms with Gasteiger partial charge in [-0.2, -0.15) is 16.9 Å². The lowest BCUT2D eigenvalue weighted by molar-refractivity contribution is 0.0956. The van der Waals surface area contributed by atoms with E-state index in [0.717, 1.165) is 21.0 Å². The average molecular weight is 422 g/mol. The number of halogens is 1. The highest BCUT2D eigenvalue weighted by Gasteiger charge is 2.08. The minimum atomic E-state index is -0.0864. The van der Waals surface area contributed by atoms with E-state index in [4.69, 9.17) is 0 Å². The third kappa shape index (κ3) is 4.72. The molecule has 1 amide bonds. The fraction of sp³-hybridized carbons (Fsp3) is 0.176. The number of nitrogens with zero attached hydrogens (tertiary/aromatic N) is 2. The molecule has 3 rings (SSSR count). The van der Waals surface area contributed by atoms with E-state index >= 15 is 0 Å². The van der Waals surface area contributed by atoms with Crippen molar-refractivity contribution in [3.05, 3.63) is 69.1 Å². The lowest BCUT2D eigenvalue weighted by atomic mass is 10.3. The van der Waals surface area contributed by atoms with Crippen molar-refractivity contribution in [2.45, 2.75) is 5.75 Å². The number of benzene rings is 1. The highest BCUT2D eigenvalue weighted by molar-refractivity contribution is 9.11. The minimum Gasteiger partial charge on any atom is -0.351 e. The molecule has 3 aromatic rings. The lowest BCUT2D eigenvalue weighted by Gasteiger charge is -2.03. The SMILES string of the molecule is O=C(NCCSCc1ccc(Br)s1)c1cnn(-c2ccccc2)c1. The molecule has 4 nitrogen and oxygen atoms in total. The zero-order valence-corrected chi connectivity index (χ0v) is 16.0. The number of carbonyl (C=O) groups excluding carboxylic acids is 1. The predicted molar refractivity (Wildman–Crippen MR) is 104 cm³/mol. The minimum absolute atomic E-state index is 0.0864. The summed E-state index contributed by atoms with van der Waals surface area (Å²) in [6, 6.07) is 13.9. The van der Waals surface area contributed by atoms with Crippen LogP contribution in [0, 0.1) is 0 Å². The number of rotatable bonds is 7. The highest BCUT2D eigenvalue weighted by atomic mass is 79.9. The smallest absolute Gasteiger partial charge is 0.254 e.